The normalized spacial score (nSPS) is 11.9. The molecule has 2 aromatic carbocycles. The number of carbonyl (C=O) groups is 1. The summed E-state index contributed by atoms with van der Waals surface area (Å²) in [5.74, 6) is 0.626. The molecular weight excluding hydrogens is 496 g/mol. The number of hydrogen-bond acceptors (Lipinski definition) is 4. The first-order chi connectivity index (χ1) is 14.4. The minimum atomic E-state index is -4.76. The highest BCUT2D eigenvalue weighted by molar-refractivity contribution is 7.98. The molecule has 12 heteroatoms. The highest BCUT2D eigenvalue weighted by atomic mass is 35.5. The molecular formula is C19H19Cl2F3N2O3S2. The van der Waals surface area contributed by atoms with Crippen LogP contribution in [0.1, 0.15) is 11.1 Å². The van der Waals surface area contributed by atoms with Crippen LogP contribution >= 0.6 is 35.0 Å². The average Bonchev–Trinajstić information content (AvgIpc) is 2.66. The van der Waals surface area contributed by atoms with Gasteiger partial charge in [0.15, 0.2) is 0 Å². The predicted molar refractivity (Wildman–Crippen MR) is 119 cm³/mol. The van der Waals surface area contributed by atoms with E-state index in [1.54, 1.807) is 23.9 Å². The molecule has 2 aromatic rings. The van der Waals surface area contributed by atoms with Crippen LogP contribution in [0.15, 0.2) is 42.5 Å². The quantitative estimate of drug-likeness (QED) is 0.486. The third-order valence-corrected chi connectivity index (χ3v) is 6.73. The zero-order chi connectivity index (χ0) is 23.2. The summed E-state index contributed by atoms with van der Waals surface area (Å²) in [4.78, 5) is 12.2. The number of hydrogen-bond donors (Lipinski definition) is 1. The fourth-order valence-corrected chi connectivity index (χ4v) is 4.52. The van der Waals surface area contributed by atoms with Crippen LogP contribution in [0.25, 0.3) is 0 Å². The minimum Gasteiger partial charge on any atom is -0.354 e. The topological polar surface area (TPSA) is 66.5 Å². The largest absolute Gasteiger partial charge is 0.417 e. The maximum absolute atomic E-state index is 13.1. The van der Waals surface area contributed by atoms with E-state index in [1.165, 1.54) is 0 Å². The SMILES string of the molecule is CS(=O)(=O)N(CC(=O)NCCSCc1ccc(Cl)cc1)c1ccc(Cl)c(C(F)(F)F)c1. The standard InChI is InChI=1S/C19H19Cl2F3N2O3S2/c1-31(28,29)26(15-6-7-17(21)16(10-15)19(22,23)24)11-18(27)25-8-9-30-12-13-2-4-14(20)5-3-13/h2-7,10H,8-9,11-12H2,1H3,(H,25,27). The van der Waals surface area contributed by atoms with Crippen LogP contribution in [0.3, 0.4) is 0 Å². The first-order valence-corrected chi connectivity index (χ1v) is 12.6. The average molecular weight is 515 g/mol. The van der Waals surface area contributed by atoms with E-state index < -0.39 is 39.2 Å². The second-order valence-electron chi connectivity index (χ2n) is 6.46. The van der Waals surface area contributed by atoms with Gasteiger partial charge in [-0.2, -0.15) is 24.9 Å². The first kappa shape index (κ1) is 25.6. The molecule has 0 aromatic heterocycles. The summed E-state index contributed by atoms with van der Waals surface area (Å²) in [6.07, 6.45) is -3.95. The number of nitrogens with one attached hydrogen (secondary N) is 1. The molecule has 0 saturated heterocycles. The van der Waals surface area contributed by atoms with Gasteiger partial charge in [-0.3, -0.25) is 9.10 Å². The number of halogens is 5. The van der Waals surface area contributed by atoms with Crippen molar-refractivity contribution in [3.63, 3.8) is 0 Å². The van der Waals surface area contributed by atoms with Crippen molar-refractivity contribution < 1.29 is 26.4 Å². The molecule has 0 spiro atoms. The number of anilines is 1. The summed E-state index contributed by atoms with van der Waals surface area (Å²) in [5, 5.41) is 2.65. The molecule has 0 atom stereocenters. The summed E-state index contributed by atoms with van der Waals surface area (Å²) in [6, 6.07) is 10.0. The Bertz CT molecular complexity index is 1020. The Hall–Kier alpha value is -1.62. The number of rotatable bonds is 9. The van der Waals surface area contributed by atoms with Crippen molar-refractivity contribution in [2.24, 2.45) is 0 Å². The van der Waals surface area contributed by atoms with Gasteiger partial charge in [0.05, 0.1) is 22.5 Å². The Morgan fingerprint density at radius 1 is 1.13 bits per heavy atom. The van der Waals surface area contributed by atoms with Crippen molar-refractivity contribution in [3.8, 4) is 0 Å². The Labute approximate surface area is 193 Å². The molecule has 2 rings (SSSR count). The van der Waals surface area contributed by atoms with Crippen LogP contribution in [-0.2, 0) is 26.7 Å². The van der Waals surface area contributed by atoms with Crippen molar-refractivity contribution in [1.82, 2.24) is 5.32 Å². The van der Waals surface area contributed by atoms with E-state index in [0.29, 0.717) is 26.9 Å². The lowest BCUT2D eigenvalue weighted by molar-refractivity contribution is -0.137. The molecule has 1 amide bonds. The summed E-state index contributed by atoms with van der Waals surface area (Å²) in [7, 11) is -4.02. The minimum absolute atomic E-state index is 0.267. The molecule has 0 aliphatic carbocycles. The van der Waals surface area contributed by atoms with E-state index in [-0.39, 0.29) is 12.2 Å². The lowest BCUT2D eigenvalue weighted by atomic mass is 10.2. The maximum Gasteiger partial charge on any atom is 0.417 e. The molecule has 1 N–H and O–H groups in total. The number of nitrogens with zero attached hydrogens (tertiary/aromatic N) is 1. The molecule has 0 bridgehead atoms. The Morgan fingerprint density at radius 3 is 2.35 bits per heavy atom. The molecule has 0 unspecified atom stereocenters. The molecule has 5 nitrogen and oxygen atoms in total. The highest BCUT2D eigenvalue weighted by Crippen LogP contribution is 2.37. The van der Waals surface area contributed by atoms with E-state index in [0.717, 1.165) is 24.0 Å². The van der Waals surface area contributed by atoms with Gasteiger partial charge in [-0.15, -0.1) is 0 Å². The lowest BCUT2D eigenvalue weighted by Crippen LogP contribution is -2.41. The molecule has 0 fully saturated rings. The molecule has 0 aliphatic heterocycles. The molecule has 0 heterocycles. The number of carbonyl (C=O) groups excluding carboxylic acids is 1. The Kier molecular flexibility index (Phi) is 8.93. The van der Waals surface area contributed by atoms with Crippen LogP contribution in [0.5, 0.6) is 0 Å². The van der Waals surface area contributed by atoms with E-state index in [9.17, 15) is 26.4 Å². The first-order valence-electron chi connectivity index (χ1n) is 8.81. The number of thioether (sulfide) groups is 1. The van der Waals surface area contributed by atoms with Crippen LogP contribution in [-0.4, -0.2) is 39.4 Å². The molecule has 0 aliphatic rings. The number of amides is 1. The van der Waals surface area contributed by atoms with Gasteiger partial charge in [-0.25, -0.2) is 8.42 Å². The van der Waals surface area contributed by atoms with Gasteiger partial charge in [-0.05, 0) is 35.9 Å². The maximum atomic E-state index is 13.1. The molecule has 31 heavy (non-hydrogen) atoms. The second kappa shape index (κ2) is 10.8. The fraction of sp³-hybridized carbons (Fsp3) is 0.316. The van der Waals surface area contributed by atoms with Gasteiger partial charge in [0, 0.05) is 23.1 Å². The summed E-state index contributed by atoms with van der Waals surface area (Å²) >= 11 is 13.0. The lowest BCUT2D eigenvalue weighted by Gasteiger charge is -2.23. The highest BCUT2D eigenvalue weighted by Gasteiger charge is 2.34. The summed E-state index contributed by atoms with van der Waals surface area (Å²) in [6.45, 7) is -0.386. The van der Waals surface area contributed by atoms with Crippen LogP contribution in [0, 0.1) is 0 Å². The third kappa shape index (κ3) is 8.10. The number of alkyl halides is 3. The van der Waals surface area contributed by atoms with Gasteiger partial charge in [0.1, 0.15) is 6.54 Å². The predicted octanol–water partition coefficient (Wildman–Crippen LogP) is 4.83. The van der Waals surface area contributed by atoms with E-state index in [4.69, 9.17) is 23.2 Å². The monoisotopic (exact) mass is 514 g/mol. The van der Waals surface area contributed by atoms with Crippen LogP contribution in [0.2, 0.25) is 10.0 Å². The van der Waals surface area contributed by atoms with E-state index in [2.05, 4.69) is 5.32 Å². The van der Waals surface area contributed by atoms with Gasteiger partial charge in [0.2, 0.25) is 15.9 Å². The molecule has 0 radical (unpaired) electrons. The van der Waals surface area contributed by atoms with Gasteiger partial charge < -0.3 is 5.32 Å². The van der Waals surface area contributed by atoms with Gasteiger partial charge >= 0.3 is 6.18 Å². The van der Waals surface area contributed by atoms with Crippen LogP contribution in [0.4, 0.5) is 18.9 Å². The second-order valence-corrected chi connectivity index (χ2v) is 10.3. The smallest absolute Gasteiger partial charge is 0.354 e. The zero-order valence-electron chi connectivity index (χ0n) is 16.2. The number of benzene rings is 2. The molecule has 0 saturated carbocycles. The van der Waals surface area contributed by atoms with E-state index >= 15 is 0 Å². The van der Waals surface area contributed by atoms with Crippen molar-refractivity contribution in [3.05, 3.63) is 63.6 Å². The van der Waals surface area contributed by atoms with Crippen molar-refractivity contribution in [2.45, 2.75) is 11.9 Å². The summed E-state index contributed by atoms with van der Waals surface area (Å²) < 4.78 is 64.1. The Balaban J connectivity index is 1.95. The molecule has 170 valence electrons. The number of sulfonamides is 1. The zero-order valence-corrected chi connectivity index (χ0v) is 19.4. The fourth-order valence-electron chi connectivity index (χ4n) is 2.51. The summed E-state index contributed by atoms with van der Waals surface area (Å²) in [5.41, 5.74) is -0.419. The van der Waals surface area contributed by atoms with Gasteiger partial charge in [-0.1, -0.05) is 35.3 Å². The van der Waals surface area contributed by atoms with E-state index in [1.807, 2.05) is 12.1 Å². The van der Waals surface area contributed by atoms with Crippen molar-refractivity contribution in [2.75, 3.05) is 29.4 Å². The van der Waals surface area contributed by atoms with Crippen molar-refractivity contribution >= 4 is 56.6 Å². The Morgan fingerprint density at radius 2 is 1.77 bits per heavy atom. The van der Waals surface area contributed by atoms with Crippen molar-refractivity contribution in [1.29, 1.82) is 0 Å². The third-order valence-electron chi connectivity index (χ3n) is 3.98. The van der Waals surface area contributed by atoms with Crippen LogP contribution < -0.4 is 9.62 Å². The van der Waals surface area contributed by atoms with Gasteiger partial charge in [0.25, 0.3) is 0 Å².